The van der Waals surface area contributed by atoms with Gasteiger partial charge in [0.2, 0.25) is 5.91 Å². The van der Waals surface area contributed by atoms with Crippen molar-refractivity contribution in [1.29, 1.82) is 0 Å². The van der Waals surface area contributed by atoms with Crippen LogP contribution in [0.2, 0.25) is 0 Å². The van der Waals surface area contributed by atoms with Gasteiger partial charge in [0.05, 0.1) is 17.1 Å². The number of sulfone groups is 2. The molecule has 186 valence electrons. The molecule has 2 aromatic rings. The molecule has 2 aromatic carbocycles. The lowest BCUT2D eigenvalue weighted by Crippen LogP contribution is -2.54. The molecular formula is C25H25Cl2NO5S2. The first-order valence-corrected chi connectivity index (χ1v) is 15.4. The molecule has 0 saturated heterocycles. The molecular weight excluding hydrogens is 529 g/mol. The van der Waals surface area contributed by atoms with Gasteiger partial charge in [-0.2, -0.15) is 0 Å². The van der Waals surface area contributed by atoms with E-state index in [2.05, 4.69) is 5.32 Å². The Labute approximate surface area is 215 Å². The van der Waals surface area contributed by atoms with E-state index >= 15 is 0 Å². The van der Waals surface area contributed by atoms with Crippen molar-refractivity contribution >= 4 is 54.4 Å². The summed E-state index contributed by atoms with van der Waals surface area (Å²) < 4.78 is 50.5. The molecule has 0 spiro atoms. The van der Waals surface area contributed by atoms with Gasteiger partial charge >= 0.3 is 0 Å². The highest BCUT2D eigenvalue weighted by molar-refractivity contribution is 7.92. The molecule has 1 unspecified atom stereocenters. The van der Waals surface area contributed by atoms with E-state index in [4.69, 9.17) is 23.2 Å². The van der Waals surface area contributed by atoms with Crippen molar-refractivity contribution in [3.05, 3.63) is 81.9 Å². The number of allylic oxidation sites excluding steroid dienone is 2. The number of hydrogen-bond acceptors (Lipinski definition) is 5. The second kappa shape index (κ2) is 9.73. The van der Waals surface area contributed by atoms with Crippen LogP contribution in [0.25, 0.3) is 5.57 Å². The summed E-state index contributed by atoms with van der Waals surface area (Å²) in [7, 11) is -7.23. The van der Waals surface area contributed by atoms with E-state index in [1.165, 1.54) is 18.2 Å². The Hall–Kier alpha value is -2.13. The van der Waals surface area contributed by atoms with Crippen LogP contribution in [-0.2, 0) is 30.9 Å². The number of nitrogens with one attached hydrogen (secondary N) is 1. The topological polar surface area (TPSA) is 97.4 Å². The number of halogens is 2. The lowest BCUT2D eigenvalue weighted by molar-refractivity contribution is -0.121. The predicted molar refractivity (Wildman–Crippen MR) is 138 cm³/mol. The third kappa shape index (κ3) is 5.82. The van der Waals surface area contributed by atoms with Gasteiger partial charge in [0.25, 0.3) is 0 Å². The van der Waals surface area contributed by atoms with Crippen molar-refractivity contribution in [2.45, 2.75) is 35.4 Å². The molecule has 0 heterocycles. The summed E-state index contributed by atoms with van der Waals surface area (Å²) in [5, 5.41) is 2.96. The van der Waals surface area contributed by atoms with Gasteiger partial charge in [-0.3, -0.25) is 4.79 Å². The molecule has 0 bridgehead atoms. The Morgan fingerprint density at radius 3 is 2.17 bits per heavy atom. The minimum absolute atomic E-state index is 0.128. The van der Waals surface area contributed by atoms with Gasteiger partial charge in [0, 0.05) is 28.3 Å². The second-order valence-corrected chi connectivity index (χ2v) is 14.2. The standard InChI is InChI=1S/C25H25Cl2NO5S2/c1-34(30,31)25(14-21(26)24(22(27)15-25)19-5-3-2-4-6-19)28-23(29)13-17-9-11-20(12-10-17)35(32,33)16-18-7-8-18/h2-6,9-12,14,18H,7-8,13,15-16H2,1H3,(H,28,29). The minimum Gasteiger partial charge on any atom is -0.333 e. The highest BCUT2D eigenvalue weighted by Crippen LogP contribution is 2.43. The van der Waals surface area contributed by atoms with Gasteiger partial charge < -0.3 is 5.32 Å². The zero-order chi connectivity index (χ0) is 25.4. The molecule has 1 N–H and O–H groups in total. The molecule has 1 atom stereocenters. The molecule has 0 aromatic heterocycles. The predicted octanol–water partition coefficient (Wildman–Crippen LogP) is 4.45. The van der Waals surface area contributed by atoms with Crippen LogP contribution in [0.1, 0.15) is 30.4 Å². The molecule has 2 aliphatic rings. The monoisotopic (exact) mass is 553 g/mol. The van der Waals surface area contributed by atoms with Crippen LogP contribution in [0.5, 0.6) is 0 Å². The average Bonchev–Trinajstić information content (AvgIpc) is 3.57. The van der Waals surface area contributed by atoms with Crippen LogP contribution in [0.15, 0.2) is 75.6 Å². The second-order valence-electron chi connectivity index (χ2n) is 9.07. The highest BCUT2D eigenvalue weighted by atomic mass is 35.5. The van der Waals surface area contributed by atoms with Crippen LogP contribution < -0.4 is 5.32 Å². The van der Waals surface area contributed by atoms with Gasteiger partial charge in [0.15, 0.2) is 24.5 Å². The summed E-state index contributed by atoms with van der Waals surface area (Å²) >= 11 is 13.0. The third-order valence-electron chi connectivity index (χ3n) is 6.16. The molecule has 0 aliphatic heterocycles. The first-order chi connectivity index (χ1) is 16.4. The number of rotatable bonds is 8. The number of hydrogen-bond donors (Lipinski definition) is 1. The van der Waals surface area contributed by atoms with Crippen molar-refractivity contribution in [3.63, 3.8) is 0 Å². The average molecular weight is 555 g/mol. The largest absolute Gasteiger partial charge is 0.333 e. The number of amides is 1. The van der Waals surface area contributed by atoms with E-state index in [-0.39, 0.29) is 39.5 Å². The lowest BCUT2D eigenvalue weighted by atomic mass is 9.95. The van der Waals surface area contributed by atoms with Gasteiger partial charge in [-0.05, 0) is 48.1 Å². The maximum absolute atomic E-state index is 12.9. The van der Waals surface area contributed by atoms with Crippen LogP contribution in [-0.4, -0.2) is 39.6 Å². The number of benzene rings is 2. The van der Waals surface area contributed by atoms with E-state index in [1.54, 1.807) is 12.1 Å². The summed E-state index contributed by atoms with van der Waals surface area (Å²) in [5.74, 6) is -0.190. The SMILES string of the molecule is CS(=O)(=O)C1(NC(=O)Cc2ccc(S(=O)(=O)CC3CC3)cc2)C=C(Cl)C(c2ccccc2)=C(Cl)C1. The molecule has 4 rings (SSSR count). The molecule has 1 saturated carbocycles. The Morgan fingerprint density at radius 1 is 1.00 bits per heavy atom. The number of carbonyl (C=O) groups excluding carboxylic acids is 1. The fraction of sp³-hybridized carbons (Fsp3) is 0.320. The van der Waals surface area contributed by atoms with E-state index < -0.39 is 30.5 Å². The maximum Gasteiger partial charge on any atom is 0.225 e. The van der Waals surface area contributed by atoms with Gasteiger partial charge in [0.1, 0.15) is 0 Å². The Bertz CT molecular complexity index is 1410. The quantitative estimate of drug-likeness (QED) is 0.520. The van der Waals surface area contributed by atoms with Crippen molar-refractivity contribution in [3.8, 4) is 0 Å². The Kier molecular flexibility index (Phi) is 7.21. The van der Waals surface area contributed by atoms with Crippen molar-refractivity contribution in [1.82, 2.24) is 5.32 Å². The molecule has 35 heavy (non-hydrogen) atoms. The zero-order valence-electron chi connectivity index (χ0n) is 19.0. The fourth-order valence-corrected chi connectivity index (χ4v) is 7.82. The molecule has 1 amide bonds. The molecule has 6 nitrogen and oxygen atoms in total. The summed E-state index contributed by atoms with van der Waals surface area (Å²) in [6.07, 6.45) is 3.90. The smallest absolute Gasteiger partial charge is 0.225 e. The highest BCUT2D eigenvalue weighted by Gasteiger charge is 2.44. The molecule has 1 fully saturated rings. The number of carbonyl (C=O) groups is 1. The first-order valence-electron chi connectivity index (χ1n) is 11.1. The van der Waals surface area contributed by atoms with Gasteiger partial charge in [-0.15, -0.1) is 0 Å². The minimum atomic E-state index is -3.87. The van der Waals surface area contributed by atoms with Crippen molar-refractivity contribution in [2.75, 3.05) is 12.0 Å². The normalized spacial score (nSPS) is 20.9. The molecule has 0 radical (unpaired) electrons. The Morgan fingerprint density at radius 2 is 1.63 bits per heavy atom. The van der Waals surface area contributed by atoms with Crippen LogP contribution >= 0.6 is 23.2 Å². The zero-order valence-corrected chi connectivity index (χ0v) is 22.1. The van der Waals surface area contributed by atoms with Crippen molar-refractivity contribution < 1.29 is 21.6 Å². The molecule has 10 heteroatoms. The fourth-order valence-electron chi connectivity index (χ4n) is 4.06. The van der Waals surface area contributed by atoms with E-state index in [0.717, 1.165) is 24.7 Å². The van der Waals surface area contributed by atoms with Gasteiger partial charge in [-0.1, -0.05) is 65.7 Å². The summed E-state index contributed by atoms with van der Waals surface area (Å²) in [5.41, 5.74) is 1.81. The van der Waals surface area contributed by atoms with Gasteiger partial charge in [-0.25, -0.2) is 16.8 Å². The van der Waals surface area contributed by atoms with E-state index in [1.807, 2.05) is 30.3 Å². The molecule has 2 aliphatic carbocycles. The van der Waals surface area contributed by atoms with Crippen LogP contribution in [0.4, 0.5) is 0 Å². The van der Waals surface area contributed by atoms with E-state index in [0.29, 0.717) is 11.1 Å². The Balaban J connectivity index is 1.53. The summed E-state index contributed by atoms with van der Waals surface area (Å²) in [6.45, 7) is 0. The summed E-state index contributed by atoms with van der Waals surface area (Å²) in [4.78, 5) is 11.3. The first kappa shape index (κ1) is 25.9. The van der Waals surface area contributed by atoms with Crippen LogP contribution in [0, 0.1) is 5.92 Å². The summed E-state index contributed by atoms with van der Waals surface area (Å²) in [6, 6.07) is 15.2. The third-order valence-corrected chi connectivity index (χ3v) is 10.4. The van der Waals surface area contributed by atoms with Crippen molar-refractivity contribution in [2.24, 2.45) is 5.92 Å². The lowest BCUT2D eigenvalue weighted by Gasteiger charge is -2.34. The van der Waals surface area contributed by atoms with E-state index in [9.17, 15) is 21.6 Å². The van der Waals surface area contributed by atoms with Crippen LogP contribution in [0.3, 0.4) is 0 Å². The maximum atomic E-state index is 12.9.